The van der Waals surface area contributed by atoms with Gasteiger partial charge in [0, 0.05) is 44.1 Å². The first-order chi connectivity index (χ1) is 14.7. The number of alkyl halides is 3. The summed E-state index contributed by atoms with van der Waals surface area (Å²) < 4.78 is 64.5. The van der Waals surface area contributed by atoms with Gasteiger partial charge in [-0.15, -0.1) is 0 Å². The fourth-order valence-electron chi connectivity index (χ4n) is 4.31. The van der Waals surface area contributed by atoms with E-state index in [-0.39, 0.29) is 5.75 Å². The summed E-state index contributed by atoms with van der Waals surface area (Å²) in [5.74, 6) is 0.127. The Kier molecular flexibility index (Phi) is 6.16. The van der Waals surface area contributed by atoms with Crippen LogP contribution in [0.2, 0.25) is 0 Å². The number of halogens is 3. The quantitative estimate of drug-likeness (QED) is 0.721. The van der Waals surface area contributed by atoms with Crippen LogP contribution in [0.25, 0.3) is 0 Å². The molecule has 1 fully saturated rings. The summed E-state index contributed by atoms with van der Waals surface area (Å²) in [6, 6.07) is 12.9. The van der Waals surface area contributed by atoms with Gasteiger partial charge in [0.25, 0.3) is 0 Å². The van der Waals surface area contributed by atoms with Gasteiger partial charge in [0.15, 0.2) is 9.84 Å². The number of rotatable bonds is 6. The number of hydrogen-bond acceptors (Lipinski definition) is 5. The molecule has 2 heterocycles. The molecule has 168 valence electrons. The molecule has 1 saturated heterocycles. The van der Waals surface area contributed by atoms with E-state index in [1.807, 2.05) is 29.2 Å². The van der Waals surface area contributed by atoms with Crippen LogP contribution in [0.3, 0.4) is 0 Å². The molecule has 2 aromatic carbocycles. The Labute approximate surface area is 180 Å². The third-order valence-electron chi connectivity index (χ3n) is 6.03. The van der Waals surface area contributed by atoms with Gasteiger partial charge in [0.1, 0.15) is 5.25 Å². The molecule has 0 radical (unpaired) electrons. The number of sulfone groups is 1. The molecule has 1 atom stereocenters. The van der Waals surface area contributed by atoms with E-state index in [2.05, 4.69) is 10.2 Å². The van der Waals surface area contributed by atoms with E-state index in [4.69, 9.17) is 0 Å². The van der Waals surface area contributed by atoms with Crippen molar-refractivity contribution in [1.82, 2.24) is 4.90 Å². The molecule has 0 aromatic heterocycles. The third kappa shape index (κ3) is 4.98. The van der Waals surface area contributed by atoms with Gasteiger partial charge in [-0.2, -0.15) is 13.2 Å². The SMILES string of the molecule is O=S(=O)(CCCN1CCN(c2cccc(C(F)(F)F)c2)CC1)C1CNc2ccccc21. The largest absolute Gasteiger partial charge is 0.416 e. The minimum absolute atomic E-state index is 0.127. The van der Waals surface area contributed by atoms with E-state index in [9.17, 15) is 21.6 Å². The van der Waals surface area contributed by atoms with E-state index >= 15 is 0 Å². The third-order valence-corrected chi connectivity index (χ3v) is 8.18. The molecule has 2 aliphatic heterocycles. The predicted molar refractivity (Wildman–Crippen MR) is 116 cm³/mol. The number of piperazine rings is 1. The summed E-state index contributed by atoms with van der Waals surface area (Å²) in [5, 5.41) is 2.67. The molecule has 0 bridgehead atoms. The minimum Gasteiger partial charge on any atom is -0.383 e. The highest BCUT2D eigenvalue weighted by atomic mass is 32.2. The van der Waals surface area contributed by atoms with Crippen molar-refractivity contribution in [2.24, 2.45) is 0 Å². The molecule has 0 spiro atoms. The molecule has 5 nitrogen and oxygen atoms in total. The summed E-state index contributed by atoms with van der Waals surface area (Å²) in [6.45, 7) is 3.71. The topological polar surface area (TPSA) is 52.7 Å². The van der Waals surface area contributed by atoms with Crippen LogP contribution in [0, 0.1) is 0 Å². The maximum atomic E-state index is 12.9. The zero-order valence-corrected chi connectivity index (χ0v) is 17.9. The first-order valence-corrected chi connectivity index (χ1v) is 12.1. The molecular weight excluding hydrogens is 427 g/mol. The van der Waals surface area contributed by atoms with Crippen LogP contribution in [0.5, 0.6) is 0 Å². The Bertz CT molecular complexity index is 1020. The van der Waals surface area contributed by atoms with Crippen LogP contribution < -0.4 is 10.2 Å². The lowest BCUT2D eigenvalue weighted by molar-refractivity contribution is -0.137. The highest BCUT2D eigenvalue weighted by Crippen LogP contribution is 2.35. The van der Waals surface area contributed by atoms with Crippen molar-refractivity contribution in [3.63, 3.8) is 0 Å². The molecule has 0 amide bonds. The number of benzene rings is 2. The molecule has 0 aliphatic carbocycles. The van der Waals surface area contributed by atoms with Crippen molar-refractivity contribution >= 4 is 21.2 Å². The van der Waals surface area contributed by atoms with E-state index in [1.165, 1.54) is 12.1 Å². The molecule has 2 aromatic rings. The highest BCUT2D eigenvalue weighted by Gasteiger charge is 2.33. The van der Waals surface area contributed by atoms with Gasteiger partial charge >= 0.3 is 6.18 Å². The molecule has 2 aliphatic rings. The number of fused-ring (bicyclic) bond motifs is 1. The monoisotopic (exact) mass is 453 g/mol. The van der Waals surface area contributed by atoms with Crippen molar-refractivity contribution in [3.8, 4) is 0 Å². The van der Waals surface area contributed by atoms with Gasteiger partial charge < -0.3 is 10.2 Å². The van der Waals surface area contributed by atoms with Gasteiger partial charge in [-0.1, -0.05) is 24.3 Å². The first-order valence-electron chi connectivity index (χ1n) is 10.4. The van der Waals surface area contributed by atoms with Crippen molar-refractivity contribution in [1.29, 1.82) is 0 Å². The Hall–Kier alpha value is -2.26. The fraction of sp³-hybridized carbons (Fsp3) is 0.455. The molecular formula is C22H26F3N3O2S. The Morgan fingerprint density at radius 1 is 1.00 bits per heavy atom. The molecule has 0 saturated carbocycles. The fourth-order valence-corrected chi connectivity index (χ4v) is 6.06. The first kappa shape index (κ1) is 22.0. The summed E-state index contributed by atoms with van der Waals surface area (Å²) >= 11 is 0. The maximum absolute atomic E-state index is 12.9. The lowest BCUT2D eigenvalue weighted by Gasteiger charge is -2.36. The summed E-state index contributed by atoms with van der Waals surface area (Å²) in [6.07, 6.45) is -3.80. The summed E-state index contributed by atoms with van der Waals surface area (Å²) in [5.41, 5.74) is 1.67. The van der Waals surface area contributed by atoms with E-state index in [1.54, 1.807) is 6.07 Å². The van der Waals surface area contributed by atoms with Crippen molar-refractivity contribution in [2.45, 2.75) is 17.8 Å². The van der Waals surface area contributed by atoms with Crippen LogP contribution in [0.1, 0.15) is 22.8 Å². The van der Waals surface area contributed by atoms with Crippen molar-refractivity contribution in [3.05, 3.63) is 59.7 Å². The van der Waals surface area contributed by atoms with Crippen molar-refractivity contribution < 1.29 is 21.6 Å². The number of nitrogens with one attached hydrogen (secondary N) is 1. The molecule has 1 unspecified atom stereocenters. The lowest BCUT2D eigenvalue weighted by Crippen LogP contribution is -2.47. The summed E-state index contributed by atoms with van der Waals surface area (Å²) in [7, 11) is -3.25. The zero-order chi connectivity index (χ0) is 22.1. The van der Waals surface area contributed by atoms with Crippen molar-refractivity contribution in [2.75, 3.05) is 55.2 Å². The number of hydrogen-bond donors (Lipinski definition) is 1. The number of anilines is 2. The number of para-hydroxylation sites is 1. The summed E-state index contributed by atoms with van der Waals surface area (Å²) in [4.78, 5) is 4.13. The second-order valence-electron chi connectivity index (χ2n) is 8.05. The average Bonchev–Trinajstić information content (AvgIpc) is 3.19. The second-order valence-corrected chi connectivity index (χ2v) is 10.4. The van der Waals surface area contributed by atoms with E-state index in [0.29, 0.717) is 51.4 Å². The highest BCUT2D eigenvalue weighted by molar-refractivity contribution is 7.91. The normalized spacial score (nSPS) is 19.8. The van der Waals surface area contributed by atoms with Gasteiger partial charge in [-0.25, -0.2) is 8.42 Å². The van der Waals surface area contributed by atoms with Crippen LogP contribution >= 0.6 is 0 Å². The van der Waals surface area contributed by atoms with Gasteiger partial charge in [0.05, 0.1) is 11.3 Å². The van der Waals surface area contributed by atoms with Gasteiger partial charge in [-0.3, -0.25) is 4.90 Å². The van der Waals surface area contributed by atoms with Crippen LogP contribution in [0.15, 0.2) is 48.5 Å². The van der Waals surface area contributed by atoms with E-state index in [0.717, 1.165) is 17.3 Å². The standard InChI is InChI=1S/C22H26F3N3O2S/c23-22(24,25)17-5-3-6-18(15-17)28-12-10-27(11-13-28)9-4-14-31(29,30)21-16-26-20-8-2-1-7-19(20)21/h1-3,5-8,15,21,26H,4,9-14,16H2. The lowest BCUT2D eigenvalue weighted by atomic mass is 10.1. The predicted octanol–water partition coefficient (Wildman–Crippen LogP) is 3.80. The Balaban J connectivity index is 1.27. The Morgan fingerprint density at radius 2 is 1.74 bits per heavy atom. The van der Waals surface area contributed by atoms with Gasteiger partial charge in [0.2, 0.25) is 0 Å². The van der Waals surface area contributed by atoms with Gasteiger partial charge in [-0.05, 0) is 42.8 Å². The molecule has 9 heteroatoms. The molecule has 4 rings (SSSR count). The second kappa shape index (κ2) is 8.70. The number of nitrogens with zero attached hydrogens (tertiary/aromatic N) is 2. The molecule has 1 N–H and O–H groups in total. The van der Waals surface area contributed by atoms with Crippen LogP contribution in [-0.4, -0.2) is 58.3 Å². The maximum Gasteiger partial charge on any atom is 0.416 e. The zero-order valence-electron chi connectivity index (χ0n) is 17.1. The minimum atomic E-state index is -4.35. The smallest absolute Gasteiger partial charge is 0.383 e. The van der Waals surface area contributed by atoms with E-state index < -0.39 is 26.8 Å². The molecule has 31 heavy (non-hydrogen) atoms. The van der Waals surface area contributed by atoms with Crippen LogP contribution in [-0.2, 0) is 16.0 Å². The van der Waals surface area contributed by atoms with Crippen LogP contribution in [0.4, 0.5) is 24.5 Å². The average molecular weight is 454 g/mol. The Morgan fingerprint density at radius 3 is 2.48 bits per heavy atom.